The minimum absolute atomic E-state index is 0.0342. The van der Waals surface area contributed by atoms with Crippen LogP contribution in [0.25, 0.3) is 0 Å². The predicted molar refractivity (Wildman–Crippen MR) is 78.2 cm³/mol. The Kier molecular flexibility index (Phi) is 3.34. The summed E-state index contributed by atoms with van der Waals surface area (Å²) in [6.45, 7) is 6.43. The van der Waals surface area contributed by atoms with E-state index in [2.05, 4.69) is 48.0 Å². The van der Waals surface area contributed by atoms with Crippen molar-refractivity contribution < 1.29 is 0 Å². The van der Waals surface area contributed by atoms with Crippen LogP contribution in [0.1, 0.15) is 26.3 Å². The summed E-state index contributed by atoms with van der Waals surface area (Å²) in [5, 5.41) is 0. The van der Waals surface area contributed by atoms with E-state index in [1.54, 1.807) is 0 Å². The zero-order valence-electron chi connectivity index (χ0n) is 10.4. The number of hydrogen-bond donors (Lipinski definition) is 0. The molecule has 0 N–H and O–H groups in total. The van der Waals surface area contributed by atoms with Gasteiger partial charge in [-0.25, -0.2) is 0 Å². The molecule has 0 saturated heterocycles. The number of allylic oxidation sites excluding steroid dienone is 4. The van der Waals surface area contributed by atoms with Crippen molar-refractivity contribution in [3.63, 3.8) is 0 Å². The maximum absolute atomic E-state index is 4.70. The highest BCUT2D eigenvalue weighted by molar-refractivity contribution is 9.10. The Morgan fingerprint density at radius 1 is 1.24 bits per heavy atom. The predicted octanol–water partition coefficient (Wildman–Crippen LogP) is 4.95. The average molecular weight is 290 g/mol. The van der Waals surface area contributed by atoms with E-state index in [0.29, 0.717) is 0 Å². The lowest BCUT2D eigenvalue weighted by molar-refractivity contribution is 0.736. The Balaban J connectivity index is 2.45. The van der Waals surface area contributed by atoms with E-state index < -0.39 is 0 Å². The standard InChI is InChI=1S/C15H16BrN/c1-4-5-6-10-13-15(2,3)14-11(16)8-7-9-12(14)17-13/h4-10H,1-3H3/b5-4+,10-6+. The fourth-order valence-electron chi connectivity index (χ4n) is 2.13. The van der Waals surface area contributed by atoms with Crippen LogP contribution >= 0.6 is 15.9 Å². The van der Waals surface area contributed by atoms with E-state index in [0.717, 1.165) is 15.9 Å². The molecule has 0 amide bonds. The molecule has 1 aromatic rings. The van der Waals surface area contributed by atoms with E-state index in [9.17, 15) is 0 Å². The first-order valence-corrected chi connectivity index (χ1v) is 6.54. The molecule has 0 radical (unpaired) electrons. The van der Waals surface area contributed by atoms with Gasteiger partial charge in [0.2, 0.25) is 0 Å². The Morgan fingerprint density at radius 3 is 2.65 bits per heavy atom. The van der Waals surface area contributed by atoms with Crippen molar-refractivity contribution in [2.75, 3.05) is 0 Å². The van der Waals surface area contributed by atoms with Crippen LogP contribution in [0, 0.1) is 0 Å². The molecule has 1 aliphatic heterocycles. The molecule has 0 aromatic heterocycles. The van der Waals surface area contributed by atoms with Crippen molar-refractivity contribution in [1.29, 1.82) is 0 Å². The van der Waals surface area contributed by atoms with Crippen LogP contribution in [0.3, 0.4) is 0 Å². The summed E-state index contributed by atoms with van der Waals surface area (Å²) in [7, 11) is 0. The number of hydrogen-bond acceptors (Lipinski definition) is 1. The Morgan fingerprint density at radius 2 is 2.00 bits per heavy atom. The van der Waals surface area contributed by atoms with Crippen LogP contribution in [0.4, 0.5) is 5.69 Å². The third kappa shape index (κ3) is 2.14. The van der Waals surface area contributed by atoms with Crippen LogP contribution in [-0.4, -0.2) is 5.71 Å². The summed E-state index contributed by atoms with van der Waals surface area (Å²) in [6.07, 6.45) is 8.17. The molecule has 0 unspecified atom stereocenters. The molecule has 88 valence electrons. The van der Waals surface area contributed by atoms with E-state index in [4.69, 9.17) is 4.99 Å². The van der Waals surface area contributed by atoms with Crippen molar-refractivity contribution >= 4 is 27.3 Å². The average Bonchev–Trinajstić information content (AvgIpc) is 2.52. The number of rotatable bonds is 2. The summed E-state index contributed by atoms with van der Waals surface area (Å²) in [5.41, 5.74) is 3.43. The third-order valence-corrected chi connectivity index (χ3v) is 3.72. The first-order valence-electron chi connectivity index (χ1n) is 5.75. The second kappa shape index (κ2) is 4.61. The largest absolute Gasteiger partial charge is 0.252 e. The fraction of sp³-hybridized carbons (Fsp3) is 0.267. The Bertz CT molecular complexity index is 522. The minimum Gasteiger partial charge on any atom is -0.252 e. The number of aliphatic imine (C=N–C) groups is 1. The molecule has 1 aliphatic rings. The van der Waals surface area contributed by atoms with Crippen LogP contribution in [0.5, 0.6) is 0 Å². The van der Waals surface area contributed by atoms with Gasteiger partial charge in [0.25, 0.3) is 0 Å². The molecule has 0 fully saturated rings. The highest BCUT2D eigenvalue weighted by Gasteiger charge is 2.34. The molecular formula is C15H16BrN. The highest BCUT2D eigenvalue weighted by Crippen LogP contribution is 2.44. The summed E-state index contributed by atoms with van der Waals surface area (Å²) in [6, 6.07) is 6.17. The number of benzene rings is 1. The van der Waals surface area contributed by atoms with Gasteiger partial charge in [-0.3, -0.25) is 4.99 Å². The highest BCUT2D eigenvalue weighted by atomic mass is 79.9. The van der Waals surface area contributed by atoms with E-state index >= 15 is 0 Å². The maximum atomic E-state index is 4.70. The quantitative estimate of drug-likeness (QED) is 0.684. The lowest BCUT2D eigenvalue weighted by atomic mass is 9.81. The lowest BCUT2D eigenvalue weighted by Gasteiger charge is -2.21. The third-order valence-electron chi connectivity index (χ3n) is 3.06. The normalized spacial score (nSPS) is 17.8. The van der Waals surface area contributed by atoms with Crippen LogP contribution in [0.2, 0.25) is 0 Å². The van der Waals surface area contributed by atoms with Crippen LogP contribution in [-0.2, 0) is 5.41 Å². The molecule has 0 saturated carbocycles. The van der Waals surface area contributed by atoms with Gasteiger partial charge in [0, 0.05) is 15.5 Å². The summed E-state index contributed by atoms with van der Waals surface area (Å²) in [5.74, 6) is 0. The first-order chi connectivity index (χ1) is 8.07. The summed E-state index contributed by atoms with van der Waals surface area (Å²) >= 11 is 3.62. The summed E-state index contributed by atoms with van der Waals surface area (Å²) < 4.78 is 1.14. The maximum Gasteiger partial charge on any atom is 0.0686 e. The second-order valence-electron chi connectivity index (χ2n) is 4.64. The van der Waals surface area contributed by atoms with Gasteiger partial charge in [-0.15, -0.1) is 0 Å². The molecule has 1 nitrogen and oxygen atoms in total. The number of nitrogens with zero attached hydrogens (tertiary/aromatic N) is 1. The first kappa shape index (κ1) is 12.3. The van der Waals surface area contributed by atoms with Gasteiger partial charge in [-0.1, -0.05) is 54.1 Å². The molecule has 0 aliphatic carbocycles. The van der Waals surface area contributed by atoms with Gasteiger partial charge in [0.1, 0.15) is 0 Å². The molecule has 17 heavy (non-hydrogen) atoms. The monoisotopic (exact) mass is 289 g/mol. The van der Waals surface area contributed by atoms with Crippen molar-refractivity contribution in [2.24, 2.45) is 4.99 Å². The number of fused-ring (bicyclic) bond motifs is 1. The van der Waals surface area contributed by atoms with Crippen LogP contribution in [0.15, 0.2) is 52.0 Å². The lowest BCUT2D eigenvalue weighted by Crippen LogP contribution is -2.24. The molecule has 0 atom stereocenters. The zero-order valence-corrected chi connectivity index (χ0v) is 12.0. The topological polar surface area (TPSA) is 12.4 Å². The number of halogens is 1. The van der Waals surface area contributed by atoms with E-state index in [1.807, 2.05) is 31.2 Å². The Labute approximate surface area is 111 Å². The van der Waals surface area contributed by atoms with Crippen molar-refractivity contribution in [1.82, 2.24) is 0 Å². The van der Waals surface area contributed by atoms with Gasteiger partial charge in [0.05, 0.1) is 11.4 Å². The van der Waals surface area contributed by atoms with Crippen LogP contribution < -0.4 is 0 Å². The van der Waals surface area contributed by atoms with Crippen molar-refractivity contribution in [3.05, 3.63) is 52.5 Å². The van der Waals surface area contributed by atoms with Crippen molar-refractivity contribution in [3.8, 4) is 0 Å². The fourth-order valence-corrected chi connectivity index (χ4v) is 2.98. The second-order valence-corrected chi connectivity index (χ2v) is 5.50. The van der Waals surface area contributed by atoms with Crippen molar-refractivity contribution in [2.45, 2.75) is 26.2 Å². The molecule has 1 heterocycles. The smallest absolute Gasteiger partial charge is 0.0686 e. The Hall–Kier alpha value is -1.15. The molecule has 2 rings (SSSR count). The van der Waals surface area contributed by atoms with Gasteiger partial charge < -0.3 is 0 Å². The molecule has 2 heteroatoms. The SMILES string of the molecule is C/C=C/C=C/C1=Nc2cccc(Br)c2C1(C)C. The molecule has 0 bridgehead atoms. The molecule has 1 aromatic carbocycles. The molecule has 0 spiro atoms. The minimum atomic E-state index is -0.0342. The van der Waals surface area contributed by atoms with E-state index in [-0.39, 0.29) is 5.41 Å². The van der Waals surface area contributed by atoms with Gasteiger partial charge in [-0.05, 0) is 25.1 Å². The zero-order chi connectivity index (χ0) is 12.5. The van der Waals surface area contributed by atoms with Gasteiger partial charge in [0.15, 0.2) is 0 Å². The van der Waals surface area contributed by atoms with Gasteiger partial charge in [-0.2, -0.15) is 0 Å². The van der Waals surface area contributed by atoms with Gasteiger partial charge >= 0.3 is 0 Å². The summed E-state index contributed by atoms with van der Waals surface area (Å²) in [4.78, 5) is 4.70. The van der Waals surface area contributed by atoms with E-state index in [1.165, 1.54) is 5.56 Å². The molecular weight excluding hydrogens is 274 g/mol.